The number of nitrogens with one attached hydrogen (secondary N) is 1. The highest BCUT2D eigenvalue weighted by atomic mass is 32.2. The maximum atomic E-state index is 5.47. The summed E-state index contributed by atoms with van der Waals surface area (Å²) in [6.45, 7) is 3.11. The SMILES string of the molecule is C1COCCC(NCC2CSCCS2)C1. The molecule has 0 amide bonds. The molecule has 2 saturated heterocycles. The number of thioether (sulfide) groups is 2. The molecule has 0 aromatic heterocycles. The zero-order valence-corrected chi connectivity index (χ0v) is 10.9. The van der Waals surface area contributed by atoms with Crippen LogP contribution in [0.3, 0.4) is 0 Å². The van der Waals surface area contributed by atoms with Gasteiger partial charge in [-0.1, -0.05) is 0 Å². The van der Waals surface area contributed by atoms with Crippen LogP contribution in [0.25, 0.3) is 0 Å². The second kappa shape index (κ2) is 7.05. The molecule has 0 bridgehead atoms. The zero-order valence-electron chi connectivity index (χ0n) is 9.24. The standard InChI is InChI=1S/C11H21NOS2/c1-2-10(3-5-13-4-1)12-8-11-9-14-6-7-15-11/h10-12H,1-9H2. The van der Waals surface area contributed by atoms with Crippen molar-refractivity contribution in [3.05, 3.63) is 0 Å². The molecule has 88 valence electrons. The highest BCUT2D eigenvalue weighted by Crippen LogP contribution is 2.23. The van der Waals surface area contributed by atoms with Crippen LogP contribution >= 0.6 is 23.5 Å². The molecule has 4 heteroatoms. The maximum Gasteiger partial charge on any atom is 0.0480 e. The first-order valence-electron chi connectivity index (χ1n) is 5.95. The fourth-order valence-corrected chi connectivity index (χ4v) is 4.69. The van der Waals surface area contributed by atoms with Gasteiger partial charge in [0.05, 0.1) is 0 Å². The summed E-state index contributed by atoms with van der Waals surface area (Å²) in [5, 5.41) is 4.56. The Morgan fingerprint density at radius 2 is 2.20 bits per heavy atom. The van der Waals surface area contributed by atoms with E-state index in [9.17, 15) is 0 Å². The molecule has 2 heterocycles. The van der Waals surface area contributed by atoms with Crippen LogP contribution in [0.1, 0.15) is 19.3 Å². The van der Waals surface area contributed by atoms with Gasteiger partial charge in [0, 0.05) is 48.3 Å². The predicted octanol–water partition coefficient (Wildman–Crippen LogP) is 1.99. The molecule has 2 atom stereocenters. The lowest BCUT2D eigenvalue weighted by atomic mass is 10.1. The van der Waals surface area contributed by atoms with Crippen molar-refractivity contribution >= 4 is 23.5 Å². The third kappa shape index (κ3) is 4.55. The average molecular weight is 247 g/mol. The van der Waals surface area contributed by atoms with E-state index in [-0.39, 0.29) is 0 Å². The average Bonchev–Trinajstić information content (AvgIpc) is 2.56. The summed E-state index contributed by atoms with van der Waals surface area (Å²) in [7, 11) is 0. The lowest BCUT2D eigenvalue weighted by Crippen LogP contribution is -2.36. The molecule has 0 aromatic carbocycles. The number of ether oxygens (including phenoxy) is 1. The molecular weight excluding hydrogens is 226 g/mol. The molecule has 0 spiro atoms. The molecule has 0 aliphatic carbocycles. The van der Waals surface area contributed by atoms with Crippen molar-refractivity contribution in [3.8, 4) is 0 Å². The van der Waals surface area contributed by atoms with Crippen molar-refractivity contribution in [2.75, 3.05) is 37.0 Å². The molecule has 2 aliphatic rings. The quantitative estimate of drug-likeness (QED) is 0.823. The number of hydrogen-bond acceptors (Lipinski definition) is 4. The summed E-state index contributed by atoms with van der Waals surface area (Å²) in [6, 6.07) is 0.708. The third-order valence-corrected chi connectivity index (χ3v) is 5.82. The van der Waals surface area contributed by atoms with Gasteiger partial charge in [-0.3, -0.25) is 0 Å². The zero-order chi connectivity index (χ0) is 10.3. The summed E-state index contributed by atoms with van der Waals surface area (Å²) in [5.74, 6) is 4.02. The van der Waals surface area contributed by atoms with Crippen LogP contribution < -0.4 is 5.32 Å². The van der Waals surface area contributed by atoms with Crippen LogP contribution in [0.4, 0.5) is 0 Å². The van der Waals surface area contributed by atoms with Crippen molar-refractivity contribution in [2.45, 2.75) is 30.6 Å². The largest absolute Gasteiger partial charge is 0.381 e. The van der Waals surface area contributed by atoms with Gasteiger partial charge < -0.3 is 10.1 Å². The van der Waals surface area contributed by atoms with Gasteiger partial charge >= 0.3 is 0 Å². The van der Waals surface area contributed by atoms with E-state index in [2.05, 4.69) is 28.8 Å². The molecule has 2 nitrogen and oxygen atoms in total. The summed E-state index contributed by atoms with van der Waals surface area (Å²) in [5.41, 5.74) is 0. The molecule has 2 rings (SSSR count). The van der Waals surface area contributed by atoms with E-state index in [0.717, 1.165) is 18.5 Å². The second-order valence-corrected chi connectivity index (χ2v) is 6.77. The van der Waals surface area contributed by atoms with Crippen LogP contribution in [0.15, 0.2) is 0 Å². The molecule has 2 unspecified atom stereocenters. The maximum absolute atomic E-state index is 5.47. The third-order valence-electron chi connectivity index (χ3n) is 2.97. The molecular formula is C11H21NOS2. The minimum absolute atomic E-state index is 0.708. The summed E-state index contributed by atoms with van der Waals surface area (Å²) >= 11 is 4.25. The van der Waals surface area contributed by atoms with E-state index in [4.69, 9.17) is 4.74 Å². The van der Waals surface area contributed by atoms with Gasteiger partial charge in [-0.25, -0.2) is 0 Å². The first-order valence-corrected chi connectivity index (χ1v) is 8.16. The Morgan fingerprint density at radius 3 is 3.07 bits per heavy atom. The van der Waals surface area contributed by atoms with Crippen molar-refractivity contribution in [1.29, 1.82) is 0 Å². The first kappa shape index (κ1) is 12.1. The molecule has 1 N–H and O–H groups in total. The summed E-state index contributed by atoms with van der Waals surface area (Å²) < 4.78 is 5.47. The van der Waals surface area contributed by atoms with Gasteiger partial charge in [0.1, 0.15) is 0 Å². The van der Waals surface area contributed by atoms with Crippen LogP contribution in [-0.2, 0) is 4.74 Å². The van der Waals surface area contributed by atoms with Crippen LogP contribution in [0, 0.1) is 0 Å². The Morgan fingerprint density at radius 1 is 1.20 bits per heavy atom. The minimum Gasteiger partial charge on any atom is -0.381 e. The van der Waals surface area contributed by atoms with Gasteiger partial charge in [0.15, 0.2) is 0 Å². The van der Waals surface area contributed by atoms with Crippen molar-refractivity contribution in [2.24, 2.45) is 0 Å². The van der Waals surface area contributed by atoms with E-state index >= 15 is 0 Å². The van der Waals surface area contributed by atoms with Crippen LogP contribution in [0.2, 0.25) is 0 Å². The van der Waals surface area contributed by atoms with E-state index in [1.807, 2.05) is 0 Å². The fraction of sp³-hybridized carbons (Fsp3) is 1.00. The minimum atomic E-state index is 0.708. The molecule has 0 aromatic rings. The van der Waals surface area contributed by atoms with Gasteiger partial charge in [-0.15, -0.1) is 0 Å². The monoisotopic (exact) mass is 247 g/mol. The predicted molar refractivity (Wildman–Crippen MR) is 70.0 cm³/mol. The van der Waals surface area contributed by atoms with Gasteiger partial charge in [-0.2, -0.15) is 23.5 Å². The summed E-state index contributed by atoms with van der Waals surface area (Å²) in [6.07, 6.45) is 3.72. The number of rotatable bonds is 3. The highest BCUT2D eigenvalue weighted by Gasteiger charge is 2.17. The Bertz CT molecular complexity index is 166. The Balaban J connectivity index is 1.62. The first-order chi connectivity index (χ1) is 7.45. The molecule has 0 saturated carbocycles. The molecule has 0 radical (unpaired) electrons. The van der Waals surface area contributed by atoms with Crippen molar-refractivity contribution in [3.63, 3.8) is 0 Å². The van der Waals surface area contributed by atoms with Crippen molar-refractivity contribution in [1.82, 2.24) is 5.32 Å². The van der Waals surface area contributed by atoms with Crippen LogP contribution in [-0.4, -0.2) is 48.3 Å². The van der Waals surface area contributed by atoms with E-state index < -0.39 is 0 Å². The van der Waals surface area contributed by atoms with Gasteiger partial charge in [-0.05, 0) is 19.3 Å². The highest BCUT2D eigenvalue weighted by molar-refractivity contribution is 8.06. The topological polar surface area (TPSA) is 21.3 Å². The van der Waals surface area contributed by atoms with Gasteiger partial charge in [0.25, 0.3) is 0 Å². The van der Waals surface area contributed by atoms with Gasteiger partial charge in [0.2, 0.25) is 0 Å². The molecule has 2 aliphatic heterocycles. The normalized spacial score (nSPS) is 33.6. The smallest absolute Gasteiger partial charge is 0.0480 e. The lowest BCUT2D eigenvalue weighted by molar-refractivity contribution is 0.142. The summed E-state index contributed by atoms with van der Waals surface area (Å²) in [4.78, 5) is 0. The second-order valence-electron chi connectivity index (χ2n) is 4.22. The molecule has 2 fully saturated rings. The fourth-order valence-electron chi connectivity index (χ4n) is 2.06. The van der Waals surface area contributed by atoms with E-state index in [0.29, 0.717) is 6.04 Å². The van der Waals surface area contributed by atoms with Crippen LogP contribution in [0.5, 0.6) is 0 Å². The van der Waals surface area contributed by atoms with Crippen molar-refractivity contribution < 1.29 is 4.74 Å². The lowest BCUT2D eigenvalue weighted by Gasteiger charge is -2.24. The molecule has 15 heavy (non-hydrogen) atoms. The van der Waals surface area contributed by atoms with E-state index in [1.165, 1.54) is 43.1 Å². The number of hydrogen-bond donors (Lipinski definition) is 1. The Hall–Kier alpha value is 0.620. The Kier molecular flexibility index (Phi) is 5.68. The Labute approximate surface area is 101 Å². The van der Waals surface area contributed by atoms with E-state index in [1.54, 1.807) is 0 Å².